The second-order valence-corrected chi connectivity index (χ2v) is 8.71. The van der Waals surface area contributed by atoms with Crippen molar-refractivity contribution >= 4 is 40.3 Å². The van der Waals surface area contributed by atoms with Gasteiger partial charge in [-0.3, -0.25) is 9.69 Å². The lowest BCUT2D eigenvalue weighted by Crippen LogP contribution is -2.27. The van der Waals surface area contributed by atoms with Gasteiger partial charge in [-0.15, -0.1) is 0 Å². The Bertz CT molecular complexity index is 1040. The van der Waals surface area contributed by atoms with Crippen LogP contribution in [0.15, 0.2) is 59.0 Å². The maximum Gasteiger partial charge on any atom is 0.266 e. The van der Waals surface area contributed by atoms with E-state index in [1.807, 2.05) is 68.5 Å². The SMILES string of the molecule is COc1cccc2c1OC(C)C(C=C1SC(=S)N(Cc3ccc(C)cc3)C1=O)=C2. The van der Waals surface area contributed by atoms with Crippen LogP contribution in [0.5, 0.6) is 11.5 Å². The summed E-state index contributed by atoms with van der Waals surface area (Å²) in [6.45, 7) is 4.49. The highest BCUT2D eigenvalue weighted by atomic mass is 32.2. The van der Waals surface area contributed by atoms with Crippen molar-refractivity contribution < 1.29 is 14.3 Å². The van der Waals surface area contributed by atoms with E-state index >= 15 is 0 Å². The van der Waals surface area contributed by atoms with Crippen LogP contribution in [0.1, 0.15) is 23.6 Å². The molecule has 0 radical (unpaired) electrons. The Hall–Kier alpha value is -2.57. The molecule has 4 rings (SSSR count). The standard InChI is InChI=1S/C23H21NO3S2/c1-14-7-9-16(10-8-14)13-24-22(25)20(29-23(24)28)12-18-11-17-5-4-6-19(26-3)21(17)27-15(18)2/h4-12,15H,13H2,1-3H3. The fourth-order valence-corrected chi connectivity index (χ4v) is 4.55. The maximum atomic E-state index is 13.0. The number of hydrogen-bond donors (Lipinski definition) is 0. The zero-order valence-electron chi connectivity index (χ0n) is 16.5. The zero-order valence-corrected chi connectivity index (χ0v) is 18.1. The van der Waals surface area contributed by atoms with Crippen LogP contribution in [0.25, 0.3) is 6.08 Å². The van der Waals surface area contributed by atoms with Crippen molar-refractivity contribution in [2.45, 2.75) is 26.5 Å². The summed E-state index contributed by atoms with van der Waals surface area (Å²) in [6, 6.07) is 13.9. The number of para-hydroxylation sites is 1. The molecule has 1 saturated heterocycles. The molecule has 0 N–H and O–H groups in total. The molecule has 1 fully saturated rings. The second-order valence-electron chi connectivity index (χ2n) is 7.04. The number of nitrogens with zero attached hydrogens (tertiary/aromatic N) is 1. The van der Waals surface area contributed by atoms with Gasteiger partial charge in [0.15, 0.2) is 11.5 Å². The number of aryl methyl sites for hydroxylation is 1. The first-order valence-corrected chi connectivity index (χ1v) is 10.5. The number of fused-ring (bicyclic) bond motifs is 1. The van der Waals surface area contributed by atoms with E-state index < -0.39 is 0 Å². The number of carbonyl (C=O) groups excluding carboxylic acids is 1. The van der Waals surface area contributed by atoms with Crippen LogP contribution in [-0.2, 0) is 11.3 Å². The molecule has 0 aliphatic carbocycles. The Morgan fingerprint density at radius 2 is 2.00 bits per heavy atom. The molecule has 6 heteroatoms. The number of rotatable bonds is 4. The third-order valence-electron chi connectivity index (χ3n) is 4.95. The summed E-state index contributed by atoms with van der Waals surface area (Å²) in [4.78, 5) is 15.3. The van der Waals surface area contributed by atoms with Gasteiger partial charge < -0.3 is 9.47 Å². The molecular weight excluding hydrogens is 402 g/mol. The first-order chi connectivity index (χ1) is 14.0. The molecule has 4 nitrogen and oxygen atoms in total. The Balaban J connectivity index is 1.59. The minimum absolute atomic E-state index is 0.0647. The summed E-state index contributed by atoms with van der Waals surface area (Å²) >= 11 is 6.81. The minimum Gasteiger partial charge on any atom is -0.493 e. The summed E-state index contributed by atoms with van der Waals surface area (Å²) in [5, 5.41) is 0. The van der Waals surface area contributed by atoms with Gasteiger partial charge in [0, 0.05) is 5.56 Å². The van der Waals surface area contributed by atoms with E-state index in [2.05, 4.69) is 0 Å². The van der Waals surface area contributed by atoms with Crippen molar-refractivity contribution in [3.05, 3.63) is 75.7 Å². The van der Waals surface area contributed by atoms with Crippen LogP contribution in [0.2, 0.25) is 0 Å². The Morgan fingerprint density at radius 1 is 1.24 bits per heavy atom. The Labute approximate surface area is 180 Å². The van der Waals surface area contributed by atoms with Crippen LogP contribution in [-0.4, -0.2) is 28.3 Å². The highest BCUT2D eigenvalue weighted by molar-refractivity contribution is 8.26. The van der Waals surface area contributed by atoms with Crippen molar-refractivity contribution in [2.24, 2.45) is 0 Å². The fourth-order valence-electron chi connectivity index (χ4n) is 3.30. The summed E-state index contributed by atoms with van der Waals surface area (Å²) in [5.74, 6) is 1.37. The maximum absolute atomic E-state index is 13.0. The number of thioether (sulfide) groups is 1. The molecule has 1 unspecified atom stereocenters. The van der Waals surface area contributed by atoms with Gasteiger partial charge >= 0.3 is 0 Å². The van der Waals surface area contributed by atoms with E-state index in [4.69, 9.17) is 21.7 Å². The third kappa shape index (κ3) is 3.95. The van der Waals surface area contributed by atoms with Crippen LogP contribution in [0.4, 0.5) is 0 Å². The zero-order chi connectivity index (χ0) is 20.5. The van der Waals surface area contributed by atoms with Crippen molar-refractivity contribution in [3.63, 3.8) is 0 Å². The van der Waals surface area contributed by atoms with Gasteiger partial charge in [0.1, 0.15) is 10.4 Å². The summed E-state index contributed by atoms with van der Waals surface area (Å²) in [7, 11) is 1.63. The van der Waals surface area contributed by atoms with E-state index in [0.717, 1.165) is 22.4 Å². The average Bonchev–Trinajstić information content (AvgIpc) is 2.97. The smallest absolute Gasteiger partial charge is 0.266 e. The molecule has 2 heterocycles. The van der Waals surface area contributed by atoms with Gasteiger partial charge in [-0.25, -0.2) is 0 Å². The molecule has 0 aromatic heterocycles. The van der Waals surface area contributed by atoms with Gasteiger partial charge in [-0.2, -0.15) is 0 Å². The molecule has 1 atom stereocenters. The quantitative estimate of drug-likeness (QED) is 0.505. The minimum atomic E-state index is -0.195. The number of hydrogen-bond acceptors (Lipinski definition) is 5. The fraction of sp³-hybridized carbons (Fsp3) is 0.217. The first-order valence-electron chi connectivity index (χ1n) is 9.32. The molecule has 29 heavy (non-hydrogen) atoms. The van der Waals surface area contributed by atoms with Crippen LogP contribution in [0.3, 0.4) is 0 Å². The molecule has 2 aromatic carbocycles. The molecule has 2 aliphatic rings. The van der Waals surface area contributed by atoms with Crippen molar-refractivity contribution in [1.82, 2.24) is 4.90 Å². The van der Waals surface area contributed by atoms with Crippen LogP contribution >= 0.6 is 24.0 Å². The predicted octanol–water partition coefficient (Wildman–Crippen LogP) is 5.11. The van der Waals surface area contributed by atoms with E-state index in [0.29, 0.717) is 21.5 Å². The number of thiocarbonyl (C=S) groups is 1. The van der Waals surface area contributed by atoms with Gasteiger partial charge in [0.2, 0.25) is 0 Å². The molecule has 2 aliphatic heterocycles. The summed E-state index contributed by atoms with van der Waals surface area (Å²) < 4.78 is 12.0. The predicted molar refractivity (Wildman–Crippen MR) is 121 cm³/mol. The lowest BCUT2D eigenvalue weighted by atomic mass is 10.0. The number of carbonyl (C=O) groups is 1. The summed E-state index contributed by atoms with van der Waals surface area (Å²) in [5.41, 5.74) is 4.11. The molecule has 2 aromatic rings. The van der Waals surface area contributed by atoms with Crippen molar-refractivity contribution in [3.8, 4) is 11.5 Å². The van der Waals surface area contributed by atoms with Crippen LogP contribution in [0, 0.1) is 6.92 Å². The number of methoxy groups -OCH3 is 1. The number of benzene rings is 2. The van der Waals surface area contributed by atoms with E-state index in [9.17, 15) is 4.79 Å². The topological polar surface area (TPSA) is 38.8 Å². The second kappa shape index (κ2) is 8.05. The van der Waals surface area contributed by atoms with Crippen molar-refractivity contribution in [1.29, 1.82) is 0 Å². The molecule has 0 spiro atoms. The lowest BCUT2D eigenvalue weighted by Gasteiger charge is -2.24. The Kier molecular flexibility index (Phi) is 5.48. The normalized spacial score (nSPS) is 19.8. The van der Waals surface area contributed by atoms with Crippen LogP contribution < -0.4 is 9.47 Å². The highest BCUT2D eigenvalue weighted by Gasteiger charge is 2.33. The van der Waals surface area contributed by atoms with Gasteiger partial charge in [-0.05, 0) is 43.2 Å². The van der Waals surface area contributed by atoms with E-state index in [-0.39, 0.29) is 12.0 Å². The molecule has 1 amide bonds. The highest BCUT2D eigenvalue weighted by Crippen LogP contribution is 2.40. The first kappa shape index (κ1) is 19.7. The molecule has 0 bridgehead atoms. The van der Waals surface area contributed by atoms with Gasteiger partial charge in [0.25, 0.3) is 5.91 Å². The average molecular weight is 424 g/mol. The van der Waals surface area contributed by atoms with Crippen molar-refractivity contribution in [2.75, 3.05) is 7.11 Å². The van der Waals surface area contributed by atoms with E-state index in [1.165, 1.54) is 17.3 Å². The van der Waals surface area contributed by atoms with Gasteiger partial charge in [0.05, 0.1) is 18.6 Å². The lowest BCUT2D eigenvalue weighted by molar-refractivity contribution is -0.122. The van der Waals surface area contributed by atoms with Gasteiger partial charge in [-0.1, -0.05) is 65.9 Å². The number of ether oxygens (including phenoxy) is 2. The van der Waals surface area contributed by atoms with E-state index in [1.54, 1.807) is 12.0 Å². The number of amides is 1. The molecular formula is C23H21NO3S2. The third-order valence-corrected chi connectivity index (χ3v) is 6.33. The Morgan fingerprint density at radius 3 is 2.72 bits per heavy atom. The summed E-state index contributed by atoms with van der Waals surface area (Å²) in [6.07, 6.45) is 3.74. The monoisotopic (exact) mass is 423 g/mol. The molecule has 0 saturated carbocycles. The molecule has 148 valence electrons. The largest absolute Gasteiger partial charge is 0.493 e.